The molecule has 1 aliphatic heterocycles. The lowest BCUT2D eigenvalue weighted by Crippen LogP contribution is -2.48. The van der Waals surface area contributed by atoms with Crippen molar-refractivity contribution in [1.29, 1.82) is 0 Å². The van der Waals surface area contributed by atoms with Gasteiger partial charge in [-0.05, 0) is 81.3 Å². The van der Waals surface area contributed by atoms with Crippen molar-refractivity contribution >= 4 is 58.3 Å². The van der Waals surface area contributed by atoms with Crippen LogP contribution in [-0.4, -0.2) is 214 Å². The Morgan fingerprint density at radius 3 is 1.08 bits per heavy atom. The van der Waals surface area contributed by atoms with Gasteiger partial charge in [0.15, 0.2) is 23.1 Å². The third-order valence-electron chi connectivity index (χ3n) is 12.7. The summed E-state index contributed by atoms with van der Waals surface area (Å²) < 4.78 is 0. The van der Waals surface area contributed by atoms with Crippen molar-refractivity contribution in [3.8, 4) is 0 Å². The Morgan fingerprint density at radius 2 is 0.803 bits per heavy atom. The minimum Gasteiger partial charge on any atom is -0.480 e. The number of hydrogen-bond acceptors (Lipinski definition) is 20. The normalized spacial score (nSPS) is 16.2. The molecule has 2 bridgehead atoms. The van der Waals surface area contributed by atoms with E-state index >= 15 is 0 Å². The number of nitrogens with one attached hydrogen (secondary N) is 2. The van der Waals surface area contributed by atoms with Gasteiger partial charge in [-0.2, -0.15) is 0 Å². The molecule has 0 spiro atoms. The molecule has 24 heteroatoms. The number of carboxylic acid groups (broad SMARTS) is 2. The molecule has 1 aromatic heterocycles. The van der Waals surface area contributed by atoms with Crippen molar-refractivity contribution in [3.05, 3.63) is 88.2 Å². The molecule has 2 aromatic carbocycles. The highest BCUT2D eigenvalue weighted by Crippen LogP contribution is 2.24. The summed E-state index contributed by atoms with van der Waals surface area (Å²) in [6, 6.07) is 9.76. The van der Waals surface area contributed by atoms with Gasteiger partial charge >= 0.3 is 11.9 Å². The number of Topliss-reactive ketones (excluding diaryl/α,β-unsaturated/α-hetero) is 4. The Bertz CT molecular complexity index is 2240. The van der Waals surface area contributed by atoms with Gasteiger partial charge < -0.3 is 66.6 Å². The quantitative estimate of drug-likeness (QED) is 0.0387. The molecule has 3 aromatic rings. The standard InChI is InChI=1S/C52H70N6O18/c1-56-13-15-57(43(51(73)74)23-49(71)54-37-19-31(45(67)9-5-39(63)27-59)17-32(20-37)46(68)10-6-40(64)28-60)25-35-3-2-4-36(53-35)26-58(16-14-56)44(52(75)76)24-50(72)55-38-21-33(47(69)11-7-41(65)29-61)18-34(22-38)48(70)12-8-42(66)30-62/h2-4,17-22,39-44,59-66H,5-16,23-30H2,1H3,(H,54,71)(H,55,72)(H,73,74)(H,75,76). The number of benzene rings is 2. The molecule has 6 unspecified atom stereocenters. The lowest BCUT2D eigenvalue weighted by atomic mass is 9.97. The van der Waals surface area contributed by atoms with Gasteiger partial charge in [-0.25, -0.2) is 0 Å². The lowest BCUT2D eigenvalue weighted by molar-refractivity contribution is -0.145. The van der Waals surface area contributed by atoms with Crippen LogP contribution in [0.5, 0.6) is 0 Å². The molecule has 0 saturated carbocycles. The van der Waals surface area contributed by atoms with Crippen molar-refractivity contribution in [3.63, 3.8) is 0 Å². The second-order valence-electron chi connectivity index (χ2n) is 18.9. The van der Waals surface area contributed by atoms with Crippen molar-refractivity contribution in [2.75, 3.05) is 70.3 Å². The van der Waals surface area contributed by atoms with Crippen molar-refractivity contribution < 1.29 is 89.4 Å². The number of likely N-dealkylation sites (N-methyl/N-ethyl adjacent to an activating group) is 1. The van der Waals surface area contributed by atoms with Crippen LogP contribution in [0.25, 0.3) is 0 Å². The number of carboxylic acids is 2. The van der Waals surface area contributed by atoms with E-state index in [1.807, 2.05) is 4.90 Å². The number of aliphatic hydroxyl groups excluding tert-OH is 8. The molecule has 1 aliphatic rings. The number of carbonyl (C=O) groups is 8. The number of rotatable bonds is 30. The van der Waals surface area contributed by atoms with E-state index in [4.69, 9.17) is 4.98 Å². The number of hydrogen-bond donors (Lipinski definition) is 12. The molecule has 2 amide bonds. The molecule has 0 fully saturated rings. The first-order valence-electron chi connectivity index (χ1n) is 24.9. The molecule has 76 heavy (non-hydrogen) atoms. The third-order valence-corrected chi connectivity index (χ3v) is 12.7. The number of ketones is 4. The maximum Gasteiger partial charge on any atom is 0.321 e. The zero-order valence-corrected chi connectivity index (χ0v) is 42.3. The summed E-state index contributed by atoms with van der Waals surface area (Å²) in [5.74, 6) is -6.38. The highest BCUT2D eigenvalue weighted by molar-refractivity contribution is 6.05. The van der Waals surface area contributed by atoms with E-state index in [2.05, 4.69) is 10.6 Å². The van der Waals surface area contributed by atoms with Crippen LogP contribution in [0.4, 0.5) is 11.4 Å². The predicted molar refractivity (Wildman–Crippen MR) is 271 cm³/mol. The van der Waals surface area contributed by atoms with Gasteiger partial charge in [-0.3, -0.25) is 53.1 Å². The summed E-state index contributed by atoms with van der Waals surface area (Å²) in [6.45, 7) is -1.97. The van der Waals surface area contributed by atoms with Crippen LogP contribution in [0.1, 0.15) is 117 Å². The number of carbonyl (C=O) groups excluding carboxylic acids is 6. The van der Waals surface area contributed by atoms with Gasteiger partial charge in [0.2, 0.25) is 11.8 Å². The van der Waals surface area contributed by atoms with Gasteiger partial charge in [0.05, 0.1) is 75.1 Å². The summed E-state index contributed by atoms with van der Waals surface area (Å²) in [5, 5.41) is 102. The van der Waals surface area contributed by atoms with Gasteiger partial charge in [-0.15, -0.1) is 0 Å². The molecule has 24 nitrogen and oxygen atoms in total. The fourth-order valence-electron chi connectivity index (χ4n) is 8.22. The Kier molecular flexibility index (Phi) is 25.4. The van der Waals surface area contributed by atoms with Crippen LogP contribution in [-0.2, 0) is 32.3 Å². The fourth-order valence-corrected chi connectivity index (χ4v) is 8.22. The number of nitrogens with zero attached hydrogens (tertiary/aromatic N) is 4. The van der Waals surface area contributed by atoms with Crippen molar-refractivity contribution in [2.24, 2.45) is 0 Å². The number of aliphatic hydroxyl groups is 8. The second-order valence-corrected chi connectivity index (χ2v) is 18.9. The Morgan fingerprint density at radius 1 is 0.500 bits per heavy atom. The minimum absolute atomic E-state index is 0.0125. The van der Waals surface area contributed by atoms with Gasteiger partial charge in [-0.1, -0.05) is 6.07 Å². The summed E-state index contributed by atoms with van der Waals surface area (Å²) in [7, 11) is 1.72. The molecule has 4 rings (SSSR count). The van der Waals surface area contributed by atoms with Crippen molar-refractivity contribution in [1.82, 2.24) is 19.7 Å². The highest BCUT2D eigenvalue weighted by atomic mass is 16.4. The molecule has 6 atom stereocenters. The monoisotopic (exact) mass is 1070 g/mol. The van der Waals surface area contributed by atoms with E-state index in [-0.39, 0.29) is 124 Å². The zero-order chi connectivity index (χ0) is 56.1. The van der Waals surface area contributed by atoms with Gasteiger partial charge in [0.25, 0.3) is 0 Å². The van der Waals surface area contributed by atoms with E-state index in [0.717, 1.165) is 0 Å². The maximum atomic E-state index is 13.7. The summed E-state index contributed by atoms with van der Waals surface area (Å²) in [5.41, 5.74) is 0.645. The van der Waals surface area contributed by atoms with Crippen LogP contribution in [0, 0.1) is 0 Å². The number of pyridine rings is 1. The Balaban J connectivity index is 1.56. The number of aliphatic carboxylic acids is 2. The minimum atomic E-state index is -1.44. The highest BCUT2D eigenvalue weighted by Gasteiger charge is 2.32. The first kappa shape index (κ1) is 62.3. The Hall–Kier alpha value is -6.29. The van der Waals surface area contributed by atoms with Gasteiger partial charge in [0, 0.05) is 98.6 Å². The zero-order valence-electron chi connectivity index (χ0n) is 42.3. The fraction of sp³-hybridized carbons (Fsp3) is 0.519. The van der Waals surface area contributed by atoms with E-state index in [1.165, 1.54) is 36.4 Å². The van der Waals surface area contributed by atoms with Crippen molar-refractivity contribution in [2.45, 2.75) is 114 Å². The average Bonchev–Trinajstić information content (AvgIpc) is 3.40. The van der Waals surface area contributed by atoms with E-state index in [0.29, 0.717) is 11.4 Å². The summed E-state index contributed by atoms with van der Waals surface area (Å²) in [4.78, 5) is 116. The lowest BCUT2D eigenvalue weighted by Gasteiger charge is -2.33. The number of aromatic nitrogens is 1. The third kappa shape index (κ3) is 20.3. The first-order chi connectivity index (χ1) is 36.1. The van der Waals surface area contributed by atoms with Crippen LogP contribution >= 0.6 is 0 Å². The molecule has 0 aliphatic carbocycles. The van der Waals surface area contributed by atoms with E-state index < -0.39 is 123 Å². The number of amides is 2. The SMILES string of the molecule is CN1CCN(C(CC(=O)Nc2cc(C(=O)CCC(O)CO)cc(C(=O)CCC(O)CO)c2)C(=O)O)Cc2cccc(n2)CN(C(CC(=O)Nc2cc(C(=O)CCC(O)CO)cc(C(=O)CCC(O)CO)c2)C(=O)O)CC1. The molecular formula is C52H70N6O18. The van der Waals surface area contributed by atoms with Crippen LogP contribution in [0.15, 0.2) is 54.6 Å². The smallest absolute Gasteiger partial charge is 0.321 e. The topological polar surface area (TPSA) is 386 Å². The van der Waals surface area contributed by atoms with E-state index in [9.17, 15) is 89.4 Å². The Labute approximate surface area is 438 Å². The second kappa shape index (κ2) is 31.1. The number of fused-ring (bicyclic) bond motifs is 2. The summed E-state index contributed by atoms with van der Waals surface area (Å²) in [6.07, 6.45) is -7.18. The first-order valence-corrected chi connectivity index (χ1v) is 24.9. The maximum absolute atomic E-state index is 13.7. The molecule has 2 heterocycles. The van der Waals surface area contributed by atoms with Crippen LogP contribution in [0.2, 0.25) is 0 Å². The van der Waals surface area contributed by atoms with Gasteiger partial charge in [0.1, 0.15) is 12.1 Å². The summed E-state index contributed by atoms with van der Waals surface area (Å²) >= 11 is 0. The molecule has 12 N–H and O–H groups in total. The average molecular weight is 1070 g/mol. The van der Waals surface area contributed by atoms with E-state index in [1.54, 1.807) is 35.0 Å². The molecule has 416 valence electrons. The molecule has 0 radical (unpaired) electrons. The molecular weight excluding hydrogens is 997 g/mol. The van der Waals surface area contributed by atoms with Crippen LogP contribution in [0.3, 0.4) is 0 Å². The molecule has 0 saturated heterocycles. The predicted octanol–water partition coefficient (Wildman–Crippen LogP) is -0.141. The number of anilines is 2. The van der Waals surface area contributed by atoms with Crippen LogP contribution < -0.4 is 10.6 Å². The largest absolute Gasteiger partial charge is 0.480 e.